The van der Waals surface area contributed by atoms with E-state index < -0.39 is 17.8 Å². The van der Waals surface area contributed by atoms with E-state index in [1.54, 1.807) is 32.0 Å². The fourth-order valence-corrected chi connectivity index (χ4v) is 3.86. The molecule has 2 aromatic rings. The molecule has 0 saturated carbocycles. The summed E-state index contributed by atoms with van der Waals surface area (Å²) in [5, 5.41) is 12.7. The summed E-state index contributed by atoms with van der Waals surface area (Å²) in [5.41, 5.74) is 0.904. The highest BCUT2D eigenvalue weighted by molar-refractivity contribution is 9.13. The molecule has 0 aromatic heterocycles. The van der Waals surface area contributed by atoms with Crippen molar-refractivity contribution >= 4 is 73.1 Å². The lowest BCUT2D eigenvalue weighted by molar-refractivity contribution is -0.122. The number of hydrogen-bond donors (Lipinski definition) is 2. The number of carbonyl (C=O) groups is 3. The standard InChI is InChI=1S/C20H15Br2ClN2O5/c1-3-30-14-8-10(15(21)16(22)17(14)26)7-11-18(27)24-20(29)25(19(11)28)13-6-4-5-12(23)9(13)2/h4-8,26H,3H2,1-2H3,(H,24,27,29)/b11-7+. The second kappa shape index (κ2) is 8.79. The normalized spacial score (nSPS) is 15.6. The number of anilines is 1. The molecule has 0 radical (unpaired) electrons. The first-order valence-corrected chi connectivity index (χ1v) is 10.6. The van der Waals surface area contributed by atoms with E-state index >= 15 is 0 Å². The Kier molecular flexibility index (Phi) is 6.54. The van der Waals surface area contributed by atoms with Gasteiger partial charge in [-0.3, -0.25) is 14.9 Å². The quantitative estimate of drug-likeness (QED) is 0.409. The summed E-state index contributed by atoms with van der Waals surface area (Å²) in [7, 11) is 0. The molecule has 3 rings (SSSR count). The van der Waals surface area contributed by atoms with Crippen molar-refractivity contribution in [2.24, 2.45) is 0 Å². The van der Waals surface area contributed by atoms with Crippen molar-refractivity contribution in [3.63, 3.8) is 0 Å². The smallest absolute Gasteiger partial charge is 0.335 e. The minimum absolute atomic E-state index is 0.128. The van der Waals surface area contributed by atoms with Crippen LogP contribution in [-0.4, -0.2) is 29.6 Å². The number of aromatic hydroxyl groups is 1. The predicted octanol–water partition coefficient (Wildman–Crippen LogP) is 4.94. The molecule has 0 atom stereocenters. The topological polar surface area (TPSA) is 95.9 Å². The Hall–Kier alpha value is -2.36. The van der Waals surface area contributed by atoms with Crippen molar-refractivity contribution in [3.05, 3.63) is 54.9 Å². The molecular weight excluding hydrogens is 543 g/mol. The van der Waals surface area contributed by atoms with Crippen LogP contribution in [0.2, 0.25) is 5.02 Å². The van der Waals surface area contributed by atoms with Gasteiger partial charge in [0.05, 0.1) is 16.8 Å². The Morgan fingerprint density at radius 1 is 1.23 bits per heavy atom. The molecule has 0 unspecified atom stereocenters. The molecule has 156 valence electrons. The number of imide groups is 2. The van der Waals surface area contributed by atoms with Crippen molar-refractivity contribution in [2.45, 2.75) is 13.8 Å². The number of nitrogens with zero attached hydrogens (tertiary/aromatic N) is 1. The fourth-order valence-electron chi connectivity index (χ4n) is 2.85. The number of halogens is 3. The maximum absolute atomic E-state index is 13.1. The van der Waals surface area contributed by atoms with Crippen LogP contribution in [0, 0.1) is 6.92 Å². The van der Waals surface area contributed by atoms with Crippen molar-refractivity contribution < 1.29 is 24.2 Å². The van der Waals surface area contributed by atoms with Crippen LogP contribution < -0.4 is 15.0 Å². The Morgan fingerprint density at radius 3 is 2.60 bits per heavy atom. The first-order valence-electron chi connectivity index (χ1n) is 8.67. The number of rotatable bonds is 4. The average molecular weight is 559 g/mol. The monoisotopic (exact) mass is 556 g/mol. The number of barbiturate groups is 1. The van der Waals surface area contributed by atoms with Gasteiger partial charge < -0.3 is 9.84 Å². The molecule has 1 fully saturated rings. The van der Waals surface area contributed by atoms with Gasteiger partial charge in [0, 0.05) is 9.50 Å². The number of amides is 4. The third-order valence-corrected chi connectivity index (χ3v) is 6.92. The van der Waals surface area contributed by atoms with Gasteiger partial charge in [0.1, 0.15) is 5.57 Å². The molecule has 10 heteroatoms. The molecule has 0 aliphatic carbocycles. The van der Waals surface area contributed by atoms with E-state index in [9.17, 15) is 19.5 Å². The second-order valence-electron chi connectivity index (χ2n) is 6.22. The lowest BCUT2D eigenvalue weighted by Gasteiger charge is -2.28. The molecule has 2 N–H and O–H groups in total. The minimum atomic E-state index is -0.867. The summed E-state index contributed by atoms with van der Waals surface area (Å²) in [6, 6.07) is 5.41. The minimum Gasteiger partial charge on any atom is -0.503 e. The van der Waals surface area contributed by atoms with Gasteiger partial charge in [-0.25, -0.2) is 9.69 Å². The number of benzene rings is 2. The predicted molar refractivity (Wildman–Crippen MR) is 120 cm³/mol. The number of carbonyl (C=O) groups excluding carboxylic acids is 3. The Labute approximate surface area is 193 Å². The van der Waals surface area contributed by atoms with E-state index in [2.05, 4.69) is 37.2 Å². The van der Waals surface area contributed by atoms with Crippen molar-refractivity contribution in [1.29, 1.82) is 0 Å². The zero-order valence-electron chi connectivity index (χ0n) is 15.8. The maximum Gasteiger partial charge on any atom is 0.335 e. The second-order valence-corrected chi connectivity index (χ2v) is 8.21. The van der Waals surface area contributed by atoms with Gasteiger partial charge in [0.2, 0.25) is 0 Å². The molecule has 0 spiro atoms. The first kappa shape index (κ1) is 22.3. The van der Waals surface area contributed by atoms with E-state index in [0.29, 0.717) is 31.7 Å². The molecule has 1 aliphatic rings. The number of ether oxygens (including phenoxy) is 1. The van der Waals surface area contributed by atoms with E-state index in [-0.39, 0.29) is 22.8 Å². The summed E-state index contributed by atoms with van der Waals surface area (Å²) < 4.78 is 6.09. The van der Waals surface area contributed by atoms with Crippen LogP contribution >= 0.6 is 43.5 Å². The highest BCUT2D eigenvalue weighted by Crippen LogP contribution is 2.43. The Morgan fingerprint density at radius 2 is 1.93 bits per heavy atom. The van der Waals surface area contributed by atoms with Gasteiger partial charge in [0.25, 0.3) is 11.8 Å². The third kappa shape index (κ3) is 3.97. The van der Waals surface area contributed by atoms with Gasteiger partial charge >= 0.3 is 6.03 Å². The molecule has 1 saturated heterocycles. The Bertz CT molecular complexity index is 1120. The Balaban J connectivity index is 2.13. The van der Waals surface area contributed by atoms with Crippen molar-refractivity contribution in [1.82, 2.24) is 5.32 Å². The van der Waals surface area contributed by atoms with E-state index in [1.165, 1.54) is 12.1 Å². The van der Waals surface area contributed by atoms with Crippen LogP contribution in [0.25, 0.3) is 6.08 Å². The average Bonchev–Trinajstić information content (AvgIpc) is 2.69. The van der Waals surface area contributed by atoms with E-state index in [4.69, 9.17) is 16.3 Å². The molecule has 1 heterocycles. The van der Waals surface area contributed by atoms with Crippen LogP contribution in [0.15, 0.2) is 38.8 Å². The molecule has 30 heavy (non-hydrogen) atoms. The van der Waals surface area contributed by atoms with Gasteiger partial charge in [-0.15, -0.1) is 0 Å². The van der Waals surface area contributed by atoms with Crippen LogP contribution in [0.5, 0.6) is 11.5 Å². The molecule has 4 amide bonds. The van der Waals surface area contributed by atoms with Gasteiger partial charge in [-0.1, -0.05) is 17.7 Å². The number of urea groups is 1. The summed E-state index contributed by atoms with van der Waals surface area (Å²) in [6.45, 7) is 3.72. The van der Waals surface area contributed by atoms with Crippen LogP contribution in [0.4, 0.5) is 10.5 Å². The number of phenols is 1. The number of nitrogens with one attached hydrogen (secondary N) is 1. The van der Waals surface area contributed by atoms with Crippen LogP contribution in [0.3, 0.4) is 0 Å². The highest BCUT2D eigenvalue weighted by atomic mass is 79.9. The molecular formula is C20H15Br2ClN2O5. The highest BCUT2D eigenvalue weighted by Gasteiger charge is 2.38. The summed E-state index contributed by atoms with van der Waals surface area (Å²) >= 11 is 12.7. The number of hydrogen-bond acceptors (Lipinski definition) is 5. The fraction of sp³-hybridized carbons (Fsp3) is 0.150. The van der Waals surface area contributed by atoms with Crippen LogP contribution in [0.1, 0.15) is 18.1 Å². The SMILES string of the molecule is CCOc1cc(/C=C2\C(=O)NC(=O)N(c3cccc(Cl)c3C)C2=O)c(Br)c(Br)c1O. The van der Waals surface area contributed by atoms with Gasteiger partial charge in [0.15, 0.2) is 11.5 Å². The zero-order chi connectivity index (χ0) is 22.2. The lowest BCUT2D eigenvalue weighted by Crippen LogP contribution is -2.54. The van der Waals surface area contributed by atoms with Crippen molar-refractivity contribution in [2.75, 3.05) is 11.5 Å². The first-order chi connectivity index (χ1) is 14.2. The lowest BCUT2D eigenvalue weighted by atomic mass is 10.1. The summed E-state index contributed by atoms with van der Waals surface area (Å²) in [5.74, 6) is -1.60. The third-order valence-electron chi connectivity index (χ3n) is 4.36. The van der Waals surface area contributed by atoms with E-state index in [0.717, 1.165) is 4.90 Å². The molecule has 7 nitrogen and oxygen atoms in total. The van der Waals surface area contributed by atoms with Crippen LogP contribution in [-0.2, 0) is 9.59 Å². The van der Waals surface area contributed by atoms with E-state index in [1.807, 2.05) is 0 Å². The van der Waals surface area contributed by atoms with Gasteiger partial charge in [-0.05, 0) is 81.1 Å². The maximum atomic E-state index is 13.1. The summed E-state index contributed by atoms with van der Waals surface area (Å²) in [6.07, 6.45) is 1.31. The van der Waals surface area contributed by atoms with Crippen molar-refractivity contribution in [3.8, 4) is 11.5 Å². The van der Waals surface area contributed by atoms with Gasteiger partial charge in [-0.2, -0.15) is 0 Å². The zero-order valence-corrected chi connectivity index (χ0v) is 19.7. The molecule has 0 bridgehead atoms. The summed E-state index contributed by atoms with van der Waals surface area (Å²) in [4.78, 5) is 38.8. The number of phenolic OH excluding ortho intramolecular Hbond substituents is 1. The molecule has 1 aliphatic heterocycles. The molecule has 2 aromatic carbocycles. The largest absolute Gasteiger partial charge is 0.503 e.